The van der Waals surface area contributed by atoms with Gasteiger partial charge in [-0.15, -0.1) is 0 Å². The van der Waals surface area contributed by atoms with Crippen LogP contribution in [-0.2, 0) is 4.79 Å². The third kappa shape index (κ3) is 4.38. The normalized spacial score (nSPS) is 11.8. The van der Waals surface area contributed by atoms with Gasteiger partial charge >= 0.3 is 0 Å². The van der Waals surface area contributed by atoms with Crippen molar-refractivity contribution in [2.24, 2.45) is 0 Å². The Hall–Kier alpha value is -2.91. The molecule has 0 aliphatic heterocycles. The van der Waals surface area contributed by atoms with E-state index in [2.05, 4.69) is 48.6 Å². The van der Waals surface area contributed by atoms with Crippen molar-refractivity contribution >= 4 is 11.6 Å². The van der Waals surface area contributed by atoms with Gasteiger partial charge in [-0.1, -0.05) is 78.4 Å². The Kier molecular flexibility index (Phi) is 5.82. The van der Waals surface area contributed by atoms with E-state index < -0.39 is 0 Å². The van der Waals surface area contributed by atoms with Crippen LogP contribution in [0.5, 0.6) is 0 Å². The van der Waals surface area contributed by atoms with Crippen molar-refractivity contribution in [3.63, 3.8) is 0 Å². The third-order valence-electron chi connectivity index (χ3n) is 4.52. The highest BCUT2D eigenvalue weighted by molar-refractivity contribution is 5.94. The number of benzene rings is 3. The Balaban J connectivity index is 1.76. The number of carbonyl (C=O) groups excluding carboxylic acids is 1. The number of para-hydroxylation sites is 1. The topological polar surface area (TPSA) is 32.3 Å². The molecule has 0 radical (unpaired) electrons. The van der Waals surface area contributed by atoms with E-state index >= 15 is 0 Å². The first-order valence-electron chi connectivity index (χ1n) is 8.81. The third-order valence-corrected chi connectivity index (χ3v) is 4.52. The van der Waals surface area contributed by atoms with E-state index in [1.54, 1.807) is 4.90 Å². The molecule has 0 saturated heterocycles. The van der Waals surface area contributed by atoms with E-state index in [1.807, 2.05) is 55.6 Å². The Morgan fingerprint density at radius 2 is 1.38 bits per heavy atom. The van der Waals surface area contributed by atoms with Crippen LogP contribution in [0.2, 0.25) is 0 Å². The summed E-state index contributed by atoms with van der Waals surface area (Å²) >= 11 is 0. The fraction of sp³-hybridized carbons (Fsp3) is 0.174. The molecular formula is C23H24N2O. The van der Waals surface area contributed by atoms with E-state index in [0.717, 1.165) is 16.8 Å². The van der Waals surface area contributed by atoms with Gasteiger partial charge < -0.3 is 4.90 Å². The molecule has 0 heterocycles. The van der Waals surface area contributed by atoms with Crippen LogP contribution in [0.1, 0.15) is 22.7 Å². The van der Waals surface area contributed by atoms with Crippen molar-refractivity contribution < 1.29 is 4.79 Å². The lowest BCUT2D eigenvalue weighted by atomic mass is 9.98. The van der Waals surface area contributed by atoms with Gasteiger partial charge in [-0.3, -0.25) is 10.1 Å². The Labute approximate surface area is 155 Å². The number of likely N-dealkylation sites (N-methyl/N-ethyl adjacent to an activating group) is 1. The quantitative estimate of drug-likeness (QED) is 0.721. The summed E-state index contributed by atoms with van der Waals surface area (Å²) in [5.41, 5.74) is 4.41. The predicted molar refractivity (Wildman–Crippen MR) is 107 cm³/mol. The minimum atomic E-state index is -0.0232. The molecule has 1 atom stereocenters. The van der Waals surface area contributed by atoms with Crippen LogP contribution < -0.4 is 10.2 Å². The summed E-state index contributed by atoms with van der Waals surface area (Å²) in [4.78, 5) is 14.3. The van der Waals surface area contributed by atoms with Crippen molar-refractivity contribution in [1.82, 2.24) is 5.32 Å². The van der Waals surface area contributed by atoms with Crippen molar-refractivity contribution in [2.45, 2.75) is 13.0 Å². The van der Waals surface area contributed by atoms with Crippen molar-refractivity contribution in [2.75, 3.05) is 18.5 Å². The second-order valence-electron chi connectivity index (χ2n) is 6.42. The maximum atomic E-state index is 12.6. The number of hydrogen-bond acceptors (Lipinski definition) is 2. The highest BCUT2D eigenvalue weighted by Crippen LogP contribution is 2.22. The molecule has 132 valence electrons. The van der Waals surface area contributed by atoms with Gasteiger partial charge in [-0.05, 0) is 30.2 Å². The number of nitrogens with one attached hydrogen (secondary N) is 1. The van der Waals surface area contributed by atoms with Crippen molar-refractivity contribution in [1.29, 1.82) is 0 Å². The number of nitrogens with zero attached hydrogens (tertiary/aromatic N) is 1. The molecule has 0 saturated carbocycles. The van der Waals surface area contributed by atoms with E-state index in [-0.39, 0.29) is 18.5 Å². The highest BCUT2D eigenvalue weighted by atomic mass is 16.2. The van der Waals surface area contributed by atoms with Crippen LogP contribution in [0.15, 0.2) is 84.9 Å². The molecule has 0 spiro atoms. The van der Waals surface area contributed by atoms with Crippen LogP contribution in [0.3, 0.4) is 0 Å². The van der Waals surface area contributed by atoms with E-state index in [1.165, 1.54) is 5.56 Å². The average molecular weight is 344 g/mol. The molecule has 3 aromatic carbocycles. The number of rotatable bonds is 6. The zero-order valence-corrected chi connectivity index (χ0v) is 15.2. The first-order valence-corrected chi connectivity index (χ1v) is 8.81. The largest absolute Gasteiger partial charge is 0.314 e. The molecule has 0 aromatic heterocycles. The van der Waals surface area contributed by atoms with Crippen molar-refractivity contribution in [3.8, 4) is 0 Å². The van der Waals surface area contributed by atoms with Gasteiger partial charge in [0.2, 0.25) is 5.91 Å². The standard InChI is InChI=1S/C23H24N2O/c1-18-13-15-20(16-14-18)23(19-9-5-3-6-10-19)24-17-22(26)25(2)21-11-7-4-8-12-21/h3-16,23-24H,17H2,1-2H3/t23-/m0/s1. The number of aryl methyl sites for hydroxylation is 1. The maximum Gasteiger partial charge on any atom is 0.240 e. The van der Waals surface area contributed by atoms with Crippen LogP contribution in [0, 0.1) is 6.92 Å². The fourth-order valence-corrected chi connectivity index (χ4v) is 2.94. The second kappa shape index (κ2) is 8.45. The van der Waals surface area contributed by atoms with Crippen LogP contribution in [-0.4, -0.2) is 19.5 Å². The van der Waals surface area contributed by atoms with Gasteiger partial charge in [0.05, 0.1) is 12.6 Å². The van der Waals surface area contributed by atoms with Gasteiger partial charge in [0.15, 0.2) is 0 Å². The molecule has 0 fully saturated rings. The summed E-state index contributed by atoms with van der Waals surface area (Å²) in [6, 6.07) is 28.3. The van der Waals surface area contributed by atoms with Crippen LogP contribution in [0.25, 0.3) is 0 Å². The van der Waals surface area contributed by atoms with Crippen molar-refractivity contribution in [3.05, 3.63) is 102 Å². The molecule has 3 rings (SSSR count). The van der Waals surface area contributed by atoms with Gasteiger partial charge in [0.1, 0.15) is 0 Å². The molecule has 0 unspecified atom stereocenters. The lowest BCUT2D eigenvalue weighted by Gasteiger charge is -2.22. The Morgan fingerprint density at radius 1 is 0.846 bits per heavy atom. The first kappa shape index (κ1) is 17.9. The summed E-state index contributed by atoms with van der Waals surface area (Å²) in [6.07, 6.45) is 0. The molecule has 1 N–H and O–H groups in total. The number of amides is 1. The molecule has 0 bridgehead atoms. The fourth-order valence-electron chi connectivity index (χ4n) is 2.94. The lowest BCUT2D eigenvalue weighted by Crippen LogP contribution is -2.37. The highest BCUT2D eigenvalue weighted by Gasteiger charge is 2.17. The van der Waals surface area contributed by atoms with Gasteiger partial charge in [-0.2, -0.15) is 0 Å². The summed E-state index contributed by atoms with van der Waals surface area (Å²) in [6.45, 7) is 2.34. The summed E-state index contributed by atoms with van der Waals surface area (Å²) < 4.78 is 0. The number of carbonyl (C=O) groups is 1. The second-order valence-corrected chi connectivity index (χ2v) is 6.42. The Bertz CT molecular complexity index is 829. The number of hydrogen-bond donors (Lipinski definition) is 1. The predicted octanol–water partition coefficient (Wildman–Crippen LogP) is 4.34. The monoisotopic (exact) mass is 344 g/mol. The zero-order chi connectivity index (χ0) is 18.4. The SMILES string of the molecule is Cc1ccc([C@@H](NCC(=O)N(C)c2ccccc2)c2ccccc2)cc1. The minimum Gasteiger partial charge on any atom is -0.314 e. The smallest absolute Gasteiger partial charge is 0.240 e. The molecule has 0 aliphatic carbocycles. The Morgan fingerprint density at radius 3 is 2.00 bits per heavy atom. The first-order chi connectivity index (χ1) is 12.6. The molecule has 26 heavy (non-hydrogen) atoms. The molecule has 3 heteroatoms. The summed E-state index contributed by atoms with van der Waals surface area (Å²) in [5, 5.41) is 3.43. The lowest BCUT2D eigenvalue weighted by molar-refractivity contribution is -0.117. The average Bonchev–Trinajstić information content (AvgIpc) is 2.70. The van der Waals surface area contributed by atoms with Gasteiger partial charge in [0, 0.05) is 12.7 Å². The van der Waals surface area contributed by atoms with E-state index in [9.17, 15) is 4.79 Å². The zero-order valence-electron chi connectivity index (χ0n) is 15.2. The summed E-state index contributed by atoms with van der Waals surface area (Å²) in [7, 11) is 1.81. The number of anilines is 1. The molecule has 0 aliphatic rings. The van der Waals surface area contributed by atoms with E-state index in [4.69, 9.17) is 0 Å². The van der Waals surface area contributed by atoms with Crippen LogP contribution in [0.4, 0.5) is 5.69 Å². The maximum absolute atomic E-state index is 12.6. The minimum absolute atomic E-state index is 0.0232. The molecule has 3 aromatic rings. The summed E-state index contributed by atoms with van der Waals surface area (Å²) in [5.74, 6) is 0.0317. The van der Waals surface area contributed by atoms with E-state index in [0.29, 0.717) is 0 Å². The molecule has 3 nitrogen and oxygen atoms in total. The van der Waals surface area contributed by atoms with Crippen LogP contribution >= 0.6 is 0 Å². The molecule has 1 amide bonds. The van der Waals surface area contributed by atoms with Gasteiger partial charge in [0.25, 0.3) is 0 Å². The van der Waals surface area contributed by atoms with Gasteiger partial charge in [-0.25, -0.2) is 0 Å². The molecular weight excluding hydrogens is 320 g/mol.